The Hall–Kier alpha value is -0.410. The van der Waals surface area contributed by atoms with E-state index in [1.165, 1.54) is 32.1 Å². The Labute approximate surface area is 105 Å². The molecular formula is C14H25NO2. The van der Waals surface area contributed by atoms with E-state index in [0.717, 1.165) is 45.1 Å². The van der Waals surface area contributed by atoms with Crippen molar-refractivity contribution >= 4 is 6.29 Å². The quantitative estimate of drug-likeness (QED) is 0.706. The second-order valence-corrected chi connectivity index (χ2v) is 5.90. The molecular weight excluding hydrogens is 214 g/mol. The fourth-order valence-corrected chi connectivity index (χ4v) is 3.02. The summed E-state index contributed by atoms with van der Waals surface area (Å²) in [7, 11) is 0. The summed E-state index contributed by atoms with van der Waals surface area (Å²) < 4.78 is 5.38. The first kappa shape index (κ1) is 13.0. The van der Waals surface area contributed by atoms with Gasteiger partial charge in [-0.25, -0.2) is 0 Å². The molecule has 2 aliphatic heterocycles. The summed E-state index contributed by atoms with van der Waals surface area (Å²) in [5, 5.41) is 0. The maximum atomic E-state index is 11.4. The molecule has 0 aromatic heterocycles. The average Bonchev–Trinajstić information content (AvgIpc) is 2.56. The van der Waals surface area contributed by atoms with Crippen LogP contribution in [-0.4, -0.2) is 44.0 Å². The van der Waals surface area contributed by atoms with Crippen molar-refractivity contribution in [2.75, 3.05) is 32.8 Å². The Bertz CT molecular complexity index is 249. The highest BCUT2D eigenvalue weighted by Crippen LogP contribution is 2.30. The topological polar surface area (TPSA) is 29.5 Å². The van der Waals surface area contributed by atoms with Gasteiger partial charge in [-0.1, -0.05) is 6.92 Å². The minimum Gasteiger partial charge on any atom is -0.381 e. The second kappa shape index (κ2) is 5.96. The number of aldehydes is 1. The van der Waals surface area contributed by atoms with Crippen LogP contribution in [0.25, 0.3) is 0 Å². The maximum Gasteiger partial charge on any atom is 0.127 e. The zero-order valence-corrected chi connectivity index (χ0v) is 11.0. The van der Waals surface area contributed by atoms with Crippen LogP contribution in [0.1, 0.15) is 39.0 Å². The Morgan fingerprint density at radius 2 is 2.06 bits per heavy atom. The number of hydrogen-bond acceptors (Lipinski definition) is 3. The molecule has 1 unspecified atom stereocenters. The van der Waals surface area contributed by atoms with Crippen molar-refractivity contribution in [2.45, 2.75) is 39.0 Å². The van der Waals surface area contributed by atoms with Gasteiger partial charge in [-0.2, -0.15) is 0 Å². The largest absolute Gasteiger partial charge is 0.381 e. The van der Waals surface area contributed by atoms with Gasteiger partial charge in [0.1, 0.15) is 6.29 Å². The van der Waals surface area contributed by atoms with Crippen LogP contribution >= 0.6 is 0 Å². The van der Waals surface area contributed by atoms with Gasteiger partial charge < -0.3 is 14.4 Å². The molecule has 2 heterocycles. The van der Waals surface area contributed by atoms with Crippen molar-refractivity contribution in [2.24, 2.45) is 11.3 Å². The summed E-state index contributed by atoms with van der Waals surface area (Å²) in [6.07, 6.45) is 6.92. The van der Waals surface area contributed by atoms with E-state index in [4.69, 9.17) is 4.74 Å². The van der Waals surface area contributed by atoms with Gasteiger partial charge >= 0.3 is 0 Å². The van der Waals surface area contributed by atoms with E-state index < -0.39 is 0 Å². The number of ether oxygens (including phenoxy) is 1. The minimum absolute atomic E-state index is 0.119. The summed E-state index contributed by atoms with van der Waals surface area (Å²) in [4.78, 5) is 13.9. The monoisotopic (exact) mass is 239 g/mol. The van der Waals surface area contributed by atoms with Crippen molar-refractivity contribution in [3.05, 3.63) is 0 Å². The summed E-state index contributed by atoms with van der Waals surface area (Å²) in [5.41, 5.74) is -0.119. The molecule has 0 bridgehead atoms. The molecule has 0 saturated carbocycles. The third-order valence-electron chi connectivity index (χ3n) is 4.39. The molecule has 1 atom stereocenters. The third-order valence-corrected chi connectivity index (χ3v) is 4.39. The molecule has 3 heteroatoms. The lowest BCUT2D eigenvalue weighted by Crippen LogP contribution is -2.43. The van der Waals surface area contributed by atoms with Gasteiger partial charge in [0.15, 0.2) is 0 Å². The van der Waals surface area contributed by atoms with E-state index >= 15 is 0 Å². The Morgan fingerprint density at radius 3 is 2.76 bits per heavy atom. The first-order chi connectivity index (χ1) is 8.24. The third kappa shape index (κ3) is 3.52. The highest BCUT2D eigenvalue weighted by Gasteiger charge is 2.34. The lowest BCUT2D eigenvalue weighted by Gasteiger charge is -2.36. The maximum absolute atomic E-state index is 11.4. The Morgan fingerprint density at radius 1 is 1.29 bits per heavy atom. The van der Waals surface area contributed by atoms with Gasteiger partial charge in [0, 0.05) is 25.2 Å². The van der Waals surface area contributed by atoms with Gasteiger partial charge in [-0.15, -0.1) is 0 Å². The number of likely N-dealkylation sites (tertiary alicyclic amines) is 1. The van der Waals surface area contributed by atoms with Crippen molar-refractivity contribution < 1.29 is 9.53 Å². The zero-order valence-electron chi connectivity index (χ0n) is 11.0. The molecule has 0 spiro atoms. The molecule has 17 heavy (non-hydrogen) atoms. The average molecular weight is 239 g/mol. The molecule has 3 nitrogen and oxygen atoms in total. The van der Waals surface area contributed by atoms with Crippen LogP contribution in [0.3, 0.4) is 0 Å². The highest BCUT2D eigenvalue weighted by molar-refractivity contribution is 5.60. The van der Waals surface area contributed by atoms with Crippen molar-refractivity contribution in [3.8, 4) is 0 Å². The molecule has 0 aromatic carbocycles. The lowest BCUT2D eigenvalue weighted by atomic mass is 9.81. The van der Waals surface area contributed by atoms with Crippen LogP contribution in [0, 0.1) is 11.3 Å². The molecule has 0 radical (unpaired) electrons. The van der Waals surface area contributed by atoms with Crippen molar-refractivity contribution in [1.82, 2.24) is 4.90 Å². The fraction of sp³-hybridized carbons (Fsp3) is 0.929. The minimum atomic E-state index is -0.119. The second-order valence-electron chi connectivity index (χ2n) is 5.90. The predicted octanol–water partition coefficient (Wildman–Crippen LogP) is 2.10. The Balaban J connectivity index is 1.91. The summed E-state index contributed by atoms with van der Waals surface area (Å²) in [6, 6.07) is 0. The number of hydrogen-bond donors (Lipinski definition) is 0. The fourth-order valence-electron chi connectivity index (χ4n) is 3.02. The first-order valence-corrected chi connectivity index (χ1v) is 7.00. The van der Waals surface area contributed by atoms with E-state index in [0.29, 0.717) is 0 Å². The standard InChI is InChI=1S/C14H25NO2/c1-13-3-2-7-15(8-4-13)11-14(12-16)5-9-17-10-6-14/h12-13H,2-11H2,1H3. The zero-order chi connectivity index (χ0) is 12.1. The van der Waals surface area contributed by atoms with E-state index in [1.807, 2.05) is 0 Å². The van der Waals surface area contributed by atoms with Crippen LogP contribution in [0.5, 0.6) is 0 Å². The highest BCUT2D eigenvalue weighted by atomic mass is 16.5. The van der Waals surface area contributed by atoms with Crippen LogP contribution in [0.4, 0.5) is 0 Å². The summed E-state index contributed by atoms with van der Waals surface area (Å²) in [6.45, 7) is 7.13. The van der Waals surface area contributed by atoms with Gasteiger partial charge in [0.2, 0.25) is 0 Å². The van der Waals surface area contributed by atoms with Crippen LogP contribution in [0.2, 0.25) is 0 Å². The molecule has 2 saturated heterocycles. The van der Waals surface area contributed by atoms with Crippen LogP contribution in [-0.2, 0) is 9.53 Å². The molecule has 2 rings (SSSR count). The SMILES string of the molecule is CC1CCCN(CC2(C=O)CCOCC2)CC1. The van der Waals surface area contributed by atoms with E-state index in [2.05, 4.69) is 11.8 Å². The summed E-state index contributed by atoms with van der Waals surface area (Å²) in [5.74, 6) is 0.849. The molecule has 98 valence electrons. The molecule has 0 N–H and O–H groups in total. The van der Waals surface area contributed by atoms with Gasteiger partial charge in [-0.05, 0) is 51.1 Å². The smallest absolute Gasteiger partial charge is 0.127 e. The van der Waals surface area contributed by atoms with Crippen LogP contribution in [0.15, 0.2) is 0 Å². The number of carbonyl (C=O) groups excluding carboxylic acids is 1. The van der Waals surface area contributed by atoms with Gasteiger partial charge in [0.05, 0.1) is 0 Å². The van der Waals surface area contributed by atoms with Crippen LogP contribution < -0.4 is 0 Å². The molecule has 2 fully saturated rings. The normalized spacial score (nSPS) is 30.8. The van der Waals surface area contributed by atoms with E-state index in [-0.39, 0.29) is 5.41 Å². The van der Waals surface area contributed by atoms with Gasteiger partial charge in [-0.3, -0.25) is 0 Å². The van der Waals surface area contributed by atoms with Crippen molar-refractivity contribution in [3.63, 3.8) is 0 Å². The Kier molecular flexibility index (Phi) is 4.57. The number of nitrogens with zero attached hydrogens (tertiary/aromatic N) is 1. The molecule has 0 aromatic rings. The molecule has 2 aliphatic rings. The predicted molar refractivity (Wildman–Crippen MR) is 68.0 cm³/mol. The van der Waals surface area contributed by atoms with E-state index in [1.54, 1.807) is 0 Å². The summed E-state index contributed by atoms with van der Waals surface area (Å²) >= 11 is 0. The first-order valence-electron chi connectivity index (χ1n) is 7.00. The number of carbonyl (C=O) groups is 1. The molecule has 0 aliphatic carbocycles. The van der Waals surface area contributed by atoms with Crippen molar-refractivity contribution in [1.29, 1.82) is 0 Å². The van der Waals surface area contributed by atoms with Gasteiger partial charge in [0.25, 0.3) is 0 Å². The number of rotatable bonds is 3. The van der Waals surface area contributed by atoms with E-state index in [9.17, 15) is 4.79 Å². The lowest BCUT2D eigenvalue weighted by molar-refractivity contribution is -0.123. The molecule has 0 amide bonds.